The number of aromatic nitrogens is 2. The van der Waals surface area contributed by atoms with E-state index in [-0.39, 0.29) is 16.7 Å². The van der Waals surface area contributed by atoms with E-state index in [4.69, 9.17) is 0 Å². The first-order chi connectivity index (χ1) is 9.85. The number of alkyl halides is 3. The molecule has 0 aliphatic heterocycles. The minimum absolute atomic E-state index is 0.116. The quantitative estimate of drug-likeness (QED) is 0.855. The maximum Gasteiger partial charge on any atom is 0.446 e. The monoisotopic (exact) mass is 316 g/mol. The van der Waals surface area contributed by atoms with E-state index in [9.17, 15) is 18.3 Å². The highest BCUT2D eigenvalue weighted by atomic mass is 32.2. The van der Waals surface area contributed by atoms with Gasteiger partial charge in [0, 0.05) is 23.8 Å². The molecule has 1 N–H and O–H groups in total. The molecule has 21 heavy (non-hydrogen) atoms. The van der Waals surface area contributed by atoms with Crippen LogP contribution in [0.4, 0.5) is 13.2 Å². The number of hydrogen-bond donors (Lipinski definition) is 1. The SMILES string of the molecule is Cn1nccc1CCC(O)c1ccc(SC(F)(F)F)cc1. The van der Waals surface area contributed by atoms with Gasteiger partial charge < -0.3 is 5.11 Å². The molecule has 0 radical (unpaired) electrons. The molecular weight excluding hydrogens is 301 g/mol. The first-order valence-corrected chi connectivity index (χ1v) is 7.17. The molecule has 1 heterocycles. The van der Waals surface area contributed by atoms with Crippen LogP contribution < -0.4 is 0 Å². The van der Waals surface area contributed by atoms with Crippen molar-refractivity contribution in [2.75, 3.05) is 0 Å². The molecule has 2 aromatic rings. The molecule has 1 unspecified atom stereocenters. The van der Waals surface area contributed by atoms with Gasteiger partial charge in [0.1, 0.15) is 0 Å². The smallest absolute Gasteiger partial charge is 0.388 e. The van der Waals surface area contributed by atoms with Gasteiger partial charge in [0.25, 0.3) is 0 Å². The van der Waals surface area contributed by atoms with Crippen LogP contribution in [0.25, 0.3) is 0 Å². The number of thioether (sulfide) groups is 1. The van der Waals surface area contributed by atoms with Crippen LogP contribution in [0.15, 0.2) is 41.4 Å². The Labute approximate surface area is 124 Å². The largest absolute Gasteiger partial charge is 0.446 e. The lowest BCUT2D eigenvalue weighted by atomic mass is 10.0. The number of aryl methyl sites for hydroxylation is 2. The number of aliphatic hydroxyl groups excluding tert-OH is 1. The topological polar surface area (TPSA) is 38.0 Å². The molecule has 0 saturated heterocycles. The van der Waals surface area contributed by atoms with Crippen LogP contribution in [-0.4, -0.2) is 20.4 Å². The molecule has 1 aromatic heterocycles. The van der Waals surface area contributed by atoms with Gasteiger partial charge in [-0.3, -0.25) is 4.68 Å². The van der Waals surface area contributed by atoms with E-state index >= 15 is 0 Å². The Bertz CT molecular complexity index is 581. The van der Waals surface area contributed by atoms with Gasteiger partial charge in [-0.15, -0.1) is 0 Å². The lowest BCUT2D eigenvalue weighted by molar-refractivity contribution is -0.0328. The van der Waals surface area contributed by atoms with E-state index in [1.54, 1.807) is 10.9 Å². The average Bonchev–Trinajstić information content (AvgIpc) is 2.80. The van der Waals surface area contributed by atoms with Gasteiger partial charge >= 0.3 is 5.51 Å². The van der Waals surface area contributed by atoms with Crippen LogP contribution in [0.5, 0.6) is 0 Å². The van der Waals surface area contributed by atoms with Crippen molar-refractivity contribution in [2.24, 2.45) is 7.05 Å². The second-order valence-corrected chi connectivity index (χ2v) is 5.76. The van der Waals surface area contributed by atoms with Gasteiger partial charge in [-0.25, -0.2) is 0 Å². The zero-order valence-corrected chi connectivity index (χ0v) is 12.2. The molecule has 0 amide bonds. The fourth-order valence-electron chi connectivity index (χ4n) is 1.99. The summed E-state index contributed by atoms with van der Waals surface area (Å²) in [4.78, 5) is 0.116. The van der Waals surface area contributed by atoms with Gasteiger partial charge in [-0.2, -0.15) is 18.3 Å². The van der Waals surface area contributed by atoms with E-state index in [1.807, 2.05) is 13.1 Å². The number of benzene rings is 1. The first-order valence-electron chi connectivity index (χ1n) is 6.36. The van der Waals surface area contributed by atoms with E-state index in [0.29, 0.717) is 18.4 Å². The Morgan fingerprint density at radius 1 is 1.24 bits per heavy atom. The van der Waals surface area contributed by atoms with Gasteiger partial charge in [0.05, 0.1) is 6.10 Å². The summed E-state index contributed by atoms with van der Waals surface area (Å²) in [5.74, 6) is 0. The van der Waals surface area contributed by atoms with E-state index in [2.05, 4.69) is 5.10 Å². The van der Waals surface area contributed by atoms with Crippen LogP contribution in [0.3, 0.4) is 0 Å². The van der Waals surface area contributed by atoms with Crippen LogP contribution in [0.2, 0.25) is 0 Å². The van der Waals surface area contributed by atoms with Crippen molar-refractivity contribution in [1.29, 1.82) is 0 Å². The van der Waals surface area contributed by atoms with Crippen molar-refractivity contribution in [3.8, 4) is 0 Å². The normalized spacial score (nSPS) is 13.4. The molecule has 0 bridgehead atoms. The summed E-state index contributed by atoms with van der Waals surface area (Å²) < 4.78 is 38.4. The molecule has 0 saturated carbocycles. The zero-order chi connectivity index (χ0) is 15.5. The Morgan fingerprint density at radius 3 is 2.43 bits per heavy atom. The summed E-state index contributed by atoms with van der Waals surface area (Å²) in [6, 6.07) is 7.68. The molecule has 1 atom stereocenters. The predicted octanol–water partition coefficient (Wildman–Crippen LogP) is 3.70. The van der Waals surface area contributed by atoms with Gasteiger partial charge in [-0.05, 0) is 48.4 Å². The van der Waals surface area contributed by atoms with Crippen molar-refractivity contribution in [1.82, 2.24) is 9.78 Å². The molecule has 2 rings (SSSR count). The summed E-state index contributed by atoms with van der Waals surface area (Å²) in [6.07, 6.45) is 2.12. The Hall–Kier alpha value is -1.47. The molecule has 7 heteroatoms. The summed E-state index contributed by atoms with van der Waals surface area (Å²) in [6.45, 7) is 0. The van der Waals surface area contributed by atoms with Gasteiger partial charge in [0.15, 0.2) is 0 Å². The second kappa shape index (κ2) is 6.53. The molecule has 0 fully saturated rings. The molecule has 3 nitrogen and oxygen atoms in total. The first kappa shape index (κ1) is 15.9. The van der Waals surface area contributed by atoms with Crippen molar-refractivity contribution in [2.45, 2.75) is 29.3 Å². The highest BCUT2D eigenvalue weighted by molar-refractivity contribution is 8.00. The standard InChI is InChI=1S/C14H15F3N2OS/c1-19-11(8-9-18-19)4-7-13(20)10-2-5-12(6-3-10)21-14(15,16)17/h2-3,5-6,8-9,13,20H,4,7H2,1H3. The van der Waals surface area contributed by atoms with Crippen LogP contribution in [-0.2, 0) is 13.5 Å². The molecular formula is C14H15F3N2OS. The number of aliphatic hydroxyl groups is 1. The number of rotatable bonds is 5. The van der Waals surface area contributed by atoms with Crippen molar-refractivity contribution in [3.63, 3.8) is 0 Å². The third kappa shape index (κ3) is 4.78. The molecule has 1 aromatic carbocycles. The lowest BCUT2D eigenvalue weighted by Gasteiger charge is -2.12. The summed E-state index contributed by atoms with van der Waals surface area (Å²) in [7, 11) is 1.82. The van der Waals surface area contributed by atoms with E-state index in [0.717, 1.165) is 5.69 Å². The molecule has 0 aliphatic carbocycles. The summed E-state index contributed by atoms with van der Waals surface area (Å²) in [5.41, 5.74) is -2.68. The average molecular weight is 316 g/mol. The molecule has 114 valence electrons. The van der Waals surface area contributed by atoms with Crippen LogP contribution >= 0.6 is 11.8 Å². The summed E-state index contributed by atoms with van der Waals surface area (Å²) in [5, 5.41) is 14.1. The highest BCUT2D eigenvalue weighted by Crippen LogP contribution is 2.37. The van der Waals surface area contributed by atoms with E-state index in [1.165, 1.54) is 24.3 Å². The van der Waals surface area contributed by atoms with Crippen molar-refractivity contribution < 1.29 is 18.3 Å². The number of hydrogen-bond acceptors (Lipinski definition) is 3. The predicted molar refractivity (Wildman–Crippen MR) is 74.8 cm³/mol. The fraction of sp³-hybridized carbons (Fsp3) is 0.357. The number of halogens is 3. The maximum absolute atomic E-state index is 12.2. The zero-order valence-electron chi connectivity index (χ0n) is 11.3. The minimum atomic E-state index is -4.29. The van der Waals surface area contributed by atoms with Gasteiger partial charge in [0.2, 0.25) is 0 Å². The number of nitrogens with zero attached hydrogens (tertiary/aromatic N) is 2. The maximum atomic E-state index is 12.2. The van der Waals surface area contributed by atoms with Crippen molar-refractivity contribution in [3.05, 3.63) is 47.8 Å². The third-order valence-corrected chi connectivity index (χ3v) is 3.83. The molecule has 0 aliphatic rings. The molecule has 0 spiro atoms. The Morgan fingerprint density at radius 2 is 1.90 bits per heavy atom. The van der Waals surface area contributed by atoms with Crippen LogP contribution in [0.1, 0.15) is 23.8 Å². The second-order valence-electron chi connectivity index (χ2n) is 4.62. The van der Waals surface area contributed by atoms with E-state index < -0.39 is 11.6 Å². The highest BCUT2D eigenvalue weighted by Gasteiger charge is 2.29. The minimum Gasteiger partial charge on any atom is -0.388 e. The Balaban J connectivity index is 1.93. The van der Waals surface area contributed by atoms with Crippen molar-refractivity contribution >= 4 is 11.8 Å². The third-order valence-electron chi connectivity index (χ3n) is 3.09. The summed E-state index contributed by atoms with van der Waals surface area (Å²) >= 11 is -0.159. The lowest BCUT2D eigenvalue weighted by Crippen LogP contribution is -2.04. The Kier molecular flexibility index (Phi) is 4.95. The van der Waals surface area contributed by atoms with Crippen LogP contribution in [0, 0.1) is 0 Å². The van der Waals surface area contributed by atoms with Gasteiger partial charge in [-0.1, -0.05) is 12.1 Å². The fourth-order valence-corrected chi connectivity index (χ4v) is 2.53.